The largest absolute Gasteiger partial charge is 0.251 e. The topological polar surface area (TPSA) is 80.2 Å². The lowest BCUT2D eigenvalue weighted by molar-refractivity contribution is -0.671. The van der Waals surface area contributed by atoms with Crippen molar-refractivity contribution in [3.05, 3.63) is 18.7 Å². The number of nitrogens with zero attached hydrogens (tertiary/aromatic N) is 5. The molecular formula is C9H11BN5. The molecule has 1 aromatic rings. The predicted octanol–water partition coefficient (Wildman–Crippen LogP) is 0.00204. The Bertz CT molecular complexity index is 384. The summed E-state index contributed by atoms with van der Waals surface area (Å²) in [7, 11) is 2.02. The molecule has 6 heteroatoms. The molecule has 0 aliphatic carbocycles. The third-order valence-corrected chi connectivity index (χ3v) is 1.58. The summed E-state index contributed by atoms with van der Waals surface area (Å²) < 4.78 is 4.16. The van der Waals surface area contributed by atoms with Gasteiger partial charge in [-0.2, -0.15) is 17.9 Å². The van der Waals surface area contributed by atoms with Crippen LogP contribution in [0.5, 0.6) is 0 Å². The highest BCUT2D eigenvalue weighted by Crippen LogP contribution is 1.79. The quantitative estimate of drug-likeness (QED) is 0.472. The van der Waals surface area contributed by atoms with Gasteiger partial charge in [0.15, 0.2) is 0 Å². The lowest BCUT2D eigenvalue weighted by atomic mass is 9.55. The van der Waals surface area contributed by atoms with Crippen LogP contribution in [0.25, 0.3) is 0 Å². The smallest absolute Gasteiger partial charge is 0.243 e. The van der Waals surface area contributed by atoms with Crippen molar-refractivity contribution in [3.8, 4) is 17.9 Å². The number of hydrogen-bond acceptors (Lipinski definition) is 3. The molecule has 0 saturated heterocycles. The maximum Gasteiger partial charge on any atom is 0.243 e. The van der Waals surface area contributed by atoms with Crippen molar-refractivity contribution in [2.24, 2.45) is 7.05 Å². The molecule has 1 heterocycles. The molecule has 1 aromatic heterocycles. The van der Waals surface area contributed by atoms with E-state index in [0.717, 1.165) is 6.54 Å². The van der Waals surface area contributed by atoms with Gasteiger partial charge in [0.2, 0.25) is 13.0 Å². The Morgan fingerprint density at radius 3 is 1.93 bits per heavy atom. The second-order valence-corrected chi connectivity index (χ2v) is 2.73. The molecule has 0 bridgehead atoms. The van der Waals surface area contributed by atoms with Crippen molar-refractivity contribution in [1.82, 2.24) is 4.57 Å². The molecule has 75 valence electrons. The van der Waals surface area contributed by atoms with Crippen LogP contribution in [0.15, 0.2) is 18.7 Å². The zero-order valence-corrected chi connectivity index (χ0v) is 8.75. The molecular weight excluding hydrogens is 189 g/mol. The third-order valence-electron chi connectivity index (χ3n) is 1.58. The standard InChI is InChI=1S/C6H11N2.C3BN3/c1-3-8-5-4-7(2)6-8;5-1-4(2-6)3-7/h4-6H,3H2,1-2H3;/q+1;-1. The van der Waals surface area contributed by atoms with E-state index in [-0.39, 0.29) is 0 Å². The van der Waals surface area contributed by atoms with Gasteiger partial charge in [-0.3, -0.25) is 15.8 Å². The number of nitriles is 3. The Labute approximate surface area is 89.5 Å². The van der Waals surface area contributed by atoms with Gasteiger partial charge in [-0.1, -0.05) is 0 Å². The van der Waals surface area contributed by atoms with Crippen LogP contribution in [-0.4, -0.2) is 11.3 Å². The van der Waals surface area contributed by atoms with Crippen LogP contribution in [-0.2, 0) is 13.6 Å². The van der Waals surface area contributed by atoms with Crippen LogP contribution in [0.2, 0.25) is 0 Å². The van der Waals surface area contributed by atoms with Crippen LogP contribution in [0.1, 0.15) is 6.92 Å². The van der Waals surface area contributed by atoms with Crippen LogP contribution in [0.3, 0.4) is 0 Å². The number of rotatable bonds is 1. The van der Waals surface area contributed by atoms with E-state index in [2.05, 4.69) is 24.0 Å². The van der Waals surface area contributed by atoms with E-state index in [9.17, 15) is 0 Å². The molecule has 0 saturated carbocycles. The third kappa shape index (κ3) is 5.13. The summed E-state index contributed by atoms with van der Waals surface area (Å²) in [6, 6.07) is 0. The zero-order valence-electron chi connectivity index (χ0n) is 8.75. The molecule has 1 rings (SSSR count). The van der Waals surface area contributed by atoms with Crippen molar-refractivity contribution < 1.29 is 4.57 Å². The molecule has 0 unspecified atom stereocenters. The van der Waals surface area contributed by atoms with Crippen LogP contribution in [0, 0.1) is 33.7 Å². The SMILES string of the molecule is CCn1cc[n+](C)c1.N#C[B-](C#N)C#N. The van der Waals surface area contributed by atoms with Crippen molar-refractivity contribution in [3.63, 3.8) is 0 Å². The molecule has 5 nitrogen and oxygen atoms in total. The summed E-state index contributed by atoms with van der Waals surface area (Å²) in [5.74, 6) is 4.44. The maximum absolute atomic E-state index is 7.83. The van der Waals surface area contributed by atoms with Gasteiger partial charge < -0.3 is 0 Å². The molecule has 0 amide bonds. The summed E-state index contributed by atoms with van der Waals surface area (Å²) in [4.78, 5) is 0. The Morgan fingerprint density at radius 2 is 1.80 bits per heavy atom. The van der Waals surface area contributed by atoms with Gasteiger partial charge in [-0.15, -0.1) is 0 Å². The predicted molar refractivity (Wildman–Crippen MR) is 53.9 cm³/mol. The number of aromatic nitrogens is 2. The molecule has 0 aromatic carbocycles. The summed E-state index contributed by atoms with van der Waals surface area (Å²) in [5, 5.41) is 23.5. The normalized spacial score (nSPS) is 8.00. The fourth-order valence-corrected chi connectivity index (χ4v) is 0.775. The molecule has 0 aliphatic rings. The average Bonchev–Trinajstić information content (AvgIpc) is 2.68. The van der Waals surface area contributed by atoms with E-state index < -0.39 is 6.71 Å². The highest BCUT2D eigenvalue weighted by Gasteiger charge is 1.92. The minimum atomic E-state index is -1.10. The van der Waals surface area contributed by atoms with E-state index in [1.807, 2.05) is 17.8 Å². The first kappa shape index (κ1) is 12.7. The van der Waals surface area contributed by atoms with E-state index in [1.165, 1.54) is 17.9 Å². The number of aryl methyl sites for hydroxylation is 2. The van der Waals surface area contributed by atoms with E-state index >= 15 is 0 Å². The molecule has 0 N–H and O–H groups in total. The maximum atomic E-state index is 7.83. The van der Waals surface area contributed by atoms with Gasteiger partial charge in [0.1, 0.15) is 12.4 Å². The van der Waals surface area contributed by atoms with Gasteiger partial charge >= 0.3 is 0 Å². The summed E-state index contributed by atoms with van der Waals surface area (Å²) in [6.45, 7) is 2.08. The van der Waals surface area contributed by atoms with E-state index in [1.54, 1.807) is 0 Å². The zero-order chi connectivity index (χ0) is 11.7. The Kier molecular flexibility index (Phi) is 6.10. The molecule has 0 aliphatic heterocycles. The van der Waals surface area contributed by atoms with Gasteiger partial charge in [0.25, 0.3) is 0 Å². The Balaban J connectivity index is 0.000000265. The monoisotopic (exact) mass is 200 g/mol. The second kappa shape index (κ2) is 7.18. The van der Waals surface area contributed by atoms with Crippen molar-refractivity contribution >= 4 is 6.71 Å². The fourth-order valence-electron chi connectivity index (χ4n) is 0.775. The van der Waals surface area contributed by atoms with Crippen LogP contribution >= 0.6 is 0 Å². The summed E-state index contributed by atoms with van der Waals surface area (Å²) >= 11 is 0. The molecule has 0 spiro atoms. The first-order valence-corrected chi connectivity index (χ1v) is 4.37. The molecule has 15 heavy (non-hydrogen) atoms. The van der Waals surface area contributed by atoms with Crippen LogP contribution < -0.4 is 4.57 Å². The second-order valence-electron chi connectivity index (χ2n) is 2.73. The Morgan fingerprint density at radius 1 is 1.27 bits per heavy atom. The fraction of sp³-hybridized carbons (Fsp3) is 0.333. The number of imidazole rings is 1. The highest BCUT2D eigenvalue weighted by molar-refractivity contribution is 6.81. The average molecular weight is 200 g/mol. The van der Waals surface area contributed by atoms with Crippen molar-refractivity contribution in [2.45, 2.75) is 13.5 Å². The van der Waals surface area contributed by atoms with Crippen LogP contribution in [0.4, 0.5) is 0 Å². The highest BCUT2D eigenvalue weighted by atomic mass is 15.1. The minimum absolute atomic E-state index is 1.06. The van der Waals surface area contributed by atoms with Gasteiger partial charge in [0.05, 0.1) is 13.6 Å². The summed E-state index contributed by atoms with van der Waals surface area (Å²) in [6.07, 6.45) is 6.14. The van der Waals surface area contributed by atoms with E-state index in [0.29, 0.717) is 0 Å². The van der Waals surface area contributed by atoms with E-state index in [4.69, 9.17) is 15.8 Å². The lowest BCUT2D eigenvalue weighted by Crippen LogP contribution is -2.23. The first-order valence-electron chi connectivity index (χ1n) is 4.37. The van der Waals surface area contributed by atoms with Gasteiger partial charge in [-0.05, 0) is 6.92 Å². The molecule has 1 radical (unpaired) electrons. The van der Waals surface area contributed by atoms with Gasteiger partial charge in [0, 0.05) is 0 Å². The molecule has 0 fully saturated rings. The van der Waals surface area contributed by atoms with Crippen molar-refractivity contribution in [2.75, 3.05) is 0 Å². The lowest BCUT2D eigenvalue weighted by Gasteiger charge is -1.83. The van der Waals surface area contributed by atoms with Gasteiger partial charge in [-0.25, -0.2) is 9.13 Å². The first-order chi connectivity index (χ1) is 7.17. The summed E-state index contributed by atoms with van der Waals surface area (Å²) in [5.41, 5.74) is 0. The number of hydrogen-bond donors (Lipinski definition) is 0. The Hall–Kier alpha value is -2.26. The molecule has 0 atom stereocenters. The minimum Gasteiger partial charge on any atom is -0.251 e. The van der Waals surface area contributed by atoms with Crippen molar-refractivity contribution in [1.29, 1.82) is 15.8 Å².